The van der Waals surface area contributed by atoms with E-state index in [-0.39, 0.29) is 23.9 Å². The Kier molecular flexibility index (Phi) is 6.06. The molecule has 4 N–H and O–H groups in total. The van der Waals surface area contributed by atoms with E-state index in [1.807, 2.05) is 19.1 Å². The van der Waals surface area contributed by atoms with E-state index in [2.05, 4.69) is 35.9 Å². The lowest BCUT2D eigenvalue weighted by molar-refractivity contribution is 0.230. The van der Waals surface area contributed by atoms with Crippen LogP contribution >= 0.6 is 0 Å². The van der Waals surface area contributed by atoms with Crippen LogP contribution < -0.4 is 16.0 Å². The van der Waals surface area contributed by atoms with Crippen molar-refractivity contribution in [2.75, 3.05) is 11.9 Å². The van der Waals surface area contributed by atoms with Crippen LogP contribution in [0.15, 0.2) is 30.7 Å². The zero-order chi connectivity index (χ0) is 20.9. The highest BCUT2D eigenvalue weighted by Gasteiger charge is 2.28. The van der Waals surface area contributed by atoms with Gasteiger partial charge < -0.3 is 20.9 Å². The van der Waals surface area contributed by atoms with Crippen LogP contribution in [0.5, 0.6) is 0 Å². The molecule has 30 heavy (non-hydrogen) atoms. The van der Waals surface area contributed by atoms with Crippen LogP contribution in [0.4, 0.5) is 15.0 Å². The fourth-order valence-electron chi connectivity index (χ4n) is 3.85. The molecule has 9 heteroatoms. The van der Waals surface area contributed by atoms with E-state index >= 15 is 0 Å². The lowest BCUT2D eigenvalue weighted by Gasteiger charge is -2.33. The van der Waals surface area contributed by atoms with Gasteiger partial charge in [-0.25, -0.2) is 24.1 Å². The maximum Gasteiger partial charge on any atom is 0.315 e. The van der Waals surface area contributed by atoms with Crippen LogP contribution in [-0.4, -0.2) is 44.6 Å². The second kappa shape index (κ2) is 9.06. The molecule has 0 aliphatic heterocycles. The molecule has 0 radical (unpaired) electrons. The second-order valence-corrected chi connectivity index (χ2v) is 7.53. The van der Waals surface area contributed by atoms with E-state index in [9.17, 15) is 9.18 Å². The van der Waals surface area contributed by atoms with E-state index < -0.39 is 5.82 Å². The fourth-order valence-corrected chi connectivity index (χ4v) is 3.85. The second-order valence-electron chi connectivity index (χ2n) is 7.53. The predicted octanol–water partition coefficient (Wildman–Crippen LogP) is 3.59. The fraction of sp³-hybridized carbons (Fsp3) is 0.429. The third-order valence-electron chi connectivity index (χ3n) is 5.38. The van der Waals surface area contributed by atoms with Crippen LogP contribution in [0.3, 0.4) is 0 Å². The van der Waals surface area contributed by atoms with Crippen molar-refractivity contribution in [3.63, 3.8) is 0 Å². The molecule has 0 bridgehead atoms. The van der Waals surface area contributed by atoms with Gasteiger partial charge in [0.1, 0.15) is 5.65 Å². The van der Waals surface area contributed by atoms with E-state index in [4.69, 9.17) is 0 Å². The normalized spacial score (nSPS) is 18.9. The zero-order valence-electron chi connectivity index (χ0n) is 16.9. The van der Waals surface area contributed by atoms with Crippen LogP contribution in [0.25, 0.3) is 22.4 Å². The summed E-state index contributed by atoms with van der Waals surface area (Å²) in [6.07, 6.45) is 9.24. The molecule has 0 saturated heterocycles. The minimum atomic E-state index is -0.517. The molecule has 1 saturated carbocycles. The summed E-state index contributed by atoms with van der Waals surface area (Å²) in [6, 6.07) is 3.37. The molecule has 0 aromatic carbocycles. The standard InChI is InChI=1S/C21H26FN7O/c1-2-9-24-21(30)28-17-8-4-3-7-16(17)27-20-15(22)12-26-19(29-20)14-11-25-18-13(14)6-5-10-23-18/h5-6,10-12,16-17H,2-4,7-9H2,1H3,(H,23,25)(H2,24,28,30)(H,26,27,29)/t16-,17+/m0/s1. The summed E-state index contributed by atoms with van der Waals surface area (Å²) >= 11 is 0. The Hall–Kier alpha value is -3.23. The van der Waals surface area contributed by atoms with Crippen molar-refractivity contribution in [1.82, 2.24) is 30.6 Å². The number of H-pyrrole nitrogens is 1. The van der Waals surface area contributed by atoms with Gasteiger partial charge in [0.2, 0.25) is 0 Å². The summed E-state index contributed by atoms with van der Waals surface area (Å²) in [5, 5.41) is 9.94. The quantitative estimate of drug-likeness (QED) is 0.496. The number of halogens is 1. The topological polar surface area (TPSA) is 108 Å². The molecule has 4 rings (SSSR count). The molecule has 0 unspecified atom stereocenters. The number of aromatic amines is 1. The number of anilines is 1. The van der Waals surface area contributed by atoms with Crippen LogP contribution in [0.2, 0.25) is 0 Å². The van der Waals surface area contributed by atoms with Gasteiger partial charge in [-0.15, -0.1) is 0 Å². The van der Waals surface area contributed by atoms with Gasteiger partial charge in [-0.2, -0.15) is 0 Å². The van der Waals surface area contributed by atoms with Gasteiger partial charge in [-0.05, 0) is 31.4 Å². The minimum absolute atomic E-state index is 0.0919. The molecule has 1 fully saturated rings. The van der Waals surface area contributed by atoms with E-state index in [1.165, 1.54) is 6.20 Å². The van der Waals surface area contributed by atoms with Gasteiger partial charge in [0.25, 0.3) is 0 Å². The summed E-state index contributed by atoms with van der Waals surface area (Å²) in [4.78, 5) is 28.1. The third kappa shape index (κ3) is 4.34. The Morgan fingerprint density at radius 2 is 2.10 bits per heavy atom. The number of fused-ring (bicyclic) bond motifs is 1. The maximum absolute atomic E-state index is 14.5. The number of nitrogens with zero attached hydrogens (tertiary/aromatic N) is 3. The summed E-state index contributed by atoms with van der Waals surface area (Å²) in [5.74, 6) is 0.0431. The molecule has 1 aliphatic rings. The highest BCUT2D eigenvalue weighted by molar-refractivity contribution is 5.91. The summed E-state index contributed by atoms with van der Waals surface area (Å²) < 4.78 is 14.5. The number of aromatic nitrogens is 4. The first-order valence-electron chi connectivity index (χ1n) is 10.4. The molecule has 0 spiro atoms. The van der Waals surface area contributed by atoms with Crippen molar-refractivity contribution >= 4 is 22.9 Å². The summed E-state index contributed by atoms with van der Waals surface area (Å²) in [5.41, 5.74) is 1.49. The van der Waals surface area contributed by atoms with E-state index in [0.717, 1.165) is 48.7 Å². The molecule has 2 atom stereocenters. The van der Waals surface area contributed by atoms with Crippen molar-refractivity contribution in [2.45, 2.75) is 51.1 Å². The largest absolute Gasteiger partial charge is 0.363 e. The number of amides is 2. The van der Waals surface area contributed by atoms with Crippen molar-refractivity contribution in [1.29, 1.82) is 0 Å². The number of pyridine rings is 1. The van der Waals surface area contributed by atoms with Crippen LogP contribution in [0.1, 0.15) is 39.0 Å². The Balaban J connectivity index is 1.54. The molecular formula is C21H26FN7O. The first-order valence-corrected chi connectivity index (χ1v) is 10.4. The van der Waals surface area contributed by atoms with Gasteiger partial charge in [0.05, 0.1) is 12.2 Å². The average molecular weight is 411 g/mol. The van der Waals surface area contributed by atoms with Gasteiger partial charge >= 0.3 is 6.03 Å². The third-order valence-corrected chi connectivity index (χ3v) is 5.38. The molecule has 3 aromatic heterocycles. The lowest BCUT2D eigenvalue weighted by atomic mass is 9.90. The Morgan fingerprint density at radius 1 is 1.27 bits per heavy atom. The Morgan fingerprint density at radius 3 is 2.93 bits per heavy atom. The number of carbonyl (C=O) groups is 1. The number of hydrogen-bond donors (Lipinski definition) is 4. The van der Waals surface area contributed by atoms with Gasteiger partial charge in [0.15, 0.2) is 17.5 Å². The SMILES string of the molecule is CCCNC(=O)N[C@@H]1CCCC[C@@H]1Nc1nc(-c2c[nH]c3ncccc23)ncc1F. The van der Waals surface area contributed by atoms with Crippen LogP contribution in [-0.2, 0) is 0 Å². The van der Waals surface area contributed by atoms with Crippen molar-refractivity contribution in [2.24, 2.45) is 0 Å². The molecule has 3 heterocycles. The Bertz CT molecular complexity index is 1020. The lowest BCUT2D eigenvalue weighted by Crippen LogP contribution is -2.51. The predicted molar refractivity (Wildman–Crippen MR) is 114 cm³/mol. The first-order chi connectivity index (χ1) is 14.7. The maximum atomic E-state index is 14.5. The van der Waals surface area contributed by atoms with Crippen molar-refractivity contribution < 1.29 is 9.18 Å². The number of nitrogens with one attached hydrogen (secondary N) is 4. The van der Waals surface area contributed by atoms with Gasteiger partial charge in [-0.1, -0.05) is 19.8 Å². The van der Waals surface area contributed by atoms with E-state index in [1.54, 1.807) is 12.4 Å². The number of carbonyl (C=O) groups excluding carboxylic acids is 1. The number of urea groups is 1. The monoisotopic (exact) mass is 411 g/mol. The first kappa shape index (κ1) is 20.1. The zero-order valence-corrected chi connectivity index (χ0v) is 16.9. The molecule has 1 aliphatic carbocycles. The molecule has 8 nitrogen and oxygen atoms in total. The number of rotatable bonds is 6. The summed E-state index contributed by atoms with van der Waals surface area (Å²) in [7, 11) is 0. The molecule has 2 amide bonds. The number of hydrogen-bond acceptors (Lipinski definition) is 5. The molecular weight excluding hydrogens is 385 g/mol. The van der Waals surface area contributed by atoms with Crippen molar-refractivity contribution in [3.05, 3.63) is 36.5 Å². The van der Waals surface area contributed by atoms with Gasteiger partial charge in [0, 0.05) is 35.9 Å². The highest BCUT2D eigenvalue weighted by atomic mass is 19.1. The minimum Gasteiger partial charge on any atom is -0.363 e. The molecule has 3 aromatic rings. The van der Waals surface area contributed by atoms with Gasteiger partial charge in [-0.3, -0.25) is 0 Å². The van der Waals surface area contributed by atoms with Crippen molar-refractivity contribution in [3.8, 4) is 11.4 Å². The van der Waals surface area contributed by atoms with Crippen LogP contribution in [0, 0.1) is 5.82 Å². The summed E-state index contributed by atoms with van der Waals surface area (Å²) in [6.45, 7) is 2.63. The highest BCUT2D eigenvalue weighted by Crippen LogP contribution is 2.27. The smallest absolute Gasteiger partial charge is 0.315 e. The van der Waals surface area contributed by atoms with E-state index in [0.29, 0.717) is 12.4 Å². The average Bonchev–Trinajstić information content (AvgIpc) is 3.19. The Labute approximate surface area is 174 Å². The molecule has 158 valence electrons.